The number of aromatic nitrogens is 2. The third-order valence-corrected chi connectivity index (χ3v) is 6.93. The number of nitrogens with one attached hydrogen (secondary N) is 1. The van der Waals surface area contributed by atoms with Crippen molar-refractivity contribution in [3.05, 3.63) is 100 Å². The van der Waals surface area contributed by atoms with Gasteiger partial charge in [0, 0.05) is 30.4 Å². The van der Waals surface area contributed by atoms with Crippen LogP contribution in [-0.4, -0.2) is 39.1 Å². The number of carbonyl (C=O) groups is 2. The maximum absolute atomic E-state index is 13.1. The summed E-state index contributed by atoms with van der Waals surface area (Å²) in [6.45, 7) is 1.62. The quantitative estimate of drug-likeness (QED) is 0.430. The molecule has 0 bridgehead atoms. The zero-order valence-electron chi connectivity index (χ0n) is 18.8. The first-order valence-electron chi connectivity index (χ1n) is 11.5. The smallest absolute Gasteiger partial charge is 0.264 e. The summed E-state index contributed by atoms with van der Waals surface area (Å²) in [5.74, 6) is -0.175. The van der Waals surface area contributed by atoms with Gasteiger partial charge in [0.2, 0.25) is 5.91 Å². The molecule has 6 nitrogen and oxygen atoms in total. The fourth-order valence-corrected chi connectivity index (χ4v) is 5.09. The molecule has 1 aliphatic rings. The average molecular weight is 471 g/mol. The molecule has 0 radical (unpaired) electrons. The molecule has 0 unspecified atom stereocenters. The molecule has 0 spiro atoms. The van der Waals surface area contributed by atoms with Crippen molar-refractivity contribution in [3.63, 3.8) is 0 Å². The van der Waals surface area contributed by atoms with E-state index in [0.29, 0.717) is 30.9 Å². The van der Waals surface area contributed by atoms with Crippen LogP contribution in [0.25, 0.3) is 11.3 Å². The molecule has 1 atom stereocenters. The highest BCUT2D eigenvalue weighted by molar-refractivity contribution is 7.12. The van der Waals surface area contributed by atoms with Gasteiger partial charge in [-0.25, -0.2) is 0 Å². The predicted octanol–water partition coefficient (Wildman–Crippen LogP) is 4.58. The number of benzene rings is 2. The predicted molar refractivity (Wildman–Crippen MR) is 133 cm³/mol. The molecule has 1 saturated heterocycles. The second-order valence-corrected chi connectivity index (χ2v) is 9.35. The molecule has 1 N–H and O–H groups in total. The lowest BCUT2D eigenvalue weighted by Crippen LogP contribution is -2.45. The van der Waals surface area contributed by atoms with Crippen LogP contribution < -0.4 is 5.32 Å². The fourth-order valence-electron chi connectivity index (χ4n) is 4.41. The van der Waals surface area contributed by atoms with Crippen molar-refractivity contribution in [2.24, 2.45) is 0 Å². The summed E-state index contributed by atoms with van der Waals surface area (Å²) < 4.78 is 1.92. The van der Waals surface area contributed by atoms with Crippen molar-refractivity contribution >= 4 is 23.2 Å². The molecule has 2 amide bonds. The molecule has 0 aliphatic carbocycles. The number of nitrogens with zero attached hydrogens (tertiary/aromatic N) is 3. The SMILES string of the molecule is O=C(NCc1cn(Cc2ccccc2)nc1-c1ccccc1)[C@@H]1CCCN1C(=O)c1cccs1. The number of rotatable bonds is 7. The van der Waals surface area contributed by atoms with Gasteiger partial charge in [-0.15, -0.1) is 11.3 Å². The molecule has 7 heteroatoms. The van der Waals surface area contributed by atoms with E-state index in [9.17, 15) is 9.59 Å². The zero-order valence-corrected chi connectivity index (χ0v) is 19.6. The van der Waals surface area contributed by atoms with Crippen LogP contribution in [0.1, 0.15) is 33.6 Å². The van der Waals surface area contributed by atoms with E-state index in [1.807, 2.05) is 76.9 Å². The Morgan fingerprint density at radius 2 is 1.76 bits per heavy atom. The van der Waals surface area contributed by atoms with Gasteiger partial charge in [-0.2, -0.15) is 5.10 Å². The molecule has 1 aliphatic heterocycles. The van der Waals surface area contributed by atoms with Crippen LogP contribution in [0.5, 0.6) is 0 Å². The summed E-state index contributed by atoms with van der Waals surface area (Å²) in [5.41, 5.74) is 3.97. The van der Waals surface area contributed by atoms with Gasteiger partial charge in [0.1, 0.15) is 6.04 Å². The van der Waals surface area contributed by atoms with Crippen LogP contribution in [0, 0.1) is 0 Å². The molecule has 172 valence electrons. The standard InChI is InChI=1S/C27H26N4O2S/c32-26(23-13-7-15-31(23)27(33)24-14-8-16-34-24)28-17-22-19-30(18-20-9-3-1-4-10-20)29-25(22)21-11-5-2-6-12-21/h1-6,8-12,14,16,19,23H,7,13,15,17-18H2,(H,28,32)/t23-/m0/s1. The summed E-state index contributed by atoms with van der Waals surface area (Å²) in [5, 5.41) is 9.79. The Morgan fingerprint density at radius 1 is 1.00 bits per heavy atom. The monoisotopic (exact) mass is 470 g/mol. The Labute approximate surface area is 202 Å². The van der Waals surface area contributed by atoms with E-state index in [1.54, 1.807) is 4.90 Å². The summed E-state index contributed by atoms with van der Waals surface area (Å²) in [6.07, 6.45) is 3.51. The summed E-state index contributed by atoms with van der Waals surface area (Å²) in [6, 6.07) is 23.4. The molecule has 0 saturated carbocycles. The Hall–Kier alpha value is -3.71. The Morgan fingerprint density at radius 3 is 2.50 bits per heavy atom. The number of hydrogen-bond donors (Lipinski definition) is 1. The highest BCUT2D eigenvalue weighted by atomic mass is 32.1. The Balaban J connectivity index is 1.33. The highest BCUT2D eigenvalue weighted by Gasteiger charge is 2.34. The lowest BCUT2D eigenvalue weighted by Gasteiger charge is -2.23. The molecule has 5 rings (SSSR count). The minimum Gasteiger partial charge on any atom is -0.350 e. The normalized spacial score (nSPS) is 15.4. The Bertz CT molecular complexity index is 1250. The van der Waals surface area contributed by atoms with Crippen LogP contribution in [0.3, 0.4) is 0 Å². The summed E-state index contributed by atoms with van der Waals surface area (Å²) in [7, 11) is 0. The molecular formula is C27H26N4O2S. The van der Waals surface area contributed by atoms with E-state index in [4.69, 9.17) is 5.10 Å². The second-order valence-electron chi connectivity index (χ2n) is 8.40. The molecule has 1 fully saturated rings. The van der Waals surface area contributed by atoms with Crippen LogP contribution >= 0.6 is 11.3 Å². The van der Waals surface area contributed by atoms with Crippen molar-refractivity contribution in [3.8, 4) is 11.3 Å². The van der Waals surface area contributed by atoms with Crippen molar-refractivity contribution in [1.29, 1.82) is 0 Å². The number of carbonyl (C=O) groups excluding carboxylic acids is 2. The van der Waals surface area contributed by atoms with Gasteiger partial charge in [0.05, 0.1) is 17.1 Å². The minimum absolute atomic E-state index is 0.0618. The molecule has 4 aromatic rings. The number of likely N-dealkylation sites (tertiary alicyclic amines) is 1. The van der Waals surface area contributed by atoms with E-state index < -0.39 is 6.04 Å². The van der Waals surface area contributed by atoms with Crippen LogP contribution in [0.2, 0.25) is 0 Å². The highest BCUT2D eigenvalue weighted by Crippen LogP contribution is 2.24. The van der Waals surface area contributed by atoms with Crippen LogP contribution in [-0.2, 0) is 17.9 Å². The summed E-state index contributed by atoms with van der Waals surface area (Å²) >= 11 is 1.41. The van der Waals surface area contributed by atoms with Crippen molar-refractivity contribution in [2.45, 2.75) is 32.0 Å². The van der Waals surface area contributed by atoms with E-state index >= 15 is 0 Å². The fraction of sp³-hybridized carbons (Fsp3) is 0.222. The lowest BCUT2D eigenvalue weighted by molar-refractivity contribution is -0.125. The molecular weight excluding hydrogens is 444 g/mol. The largest absolute Gasteiger partial charge is 0.350 e. The maximum Gasteiger partial charge on any atom is 0.264 e. The van der Waals surface area contributed by atoms with Crippen LogP contribution in [0.15, 0.2) is 84.4 Å². The van der Waals surface area contributed by atoms with Gasteiger partial charge in [-0.05, 0) is 29.9 Å². The molecule has 2 aromatic heterocycles. The van der Waals surface area contributed by atoms with Crippen LogP contribution in [0.4, 0.5) is 0 Å². The molecule has 2 aromatic carbocycles. The lowest BCUT2D eigenvalue weighted by atomic mass is 10.1. The van der Waals surface area contributed by atoms with Gasteiger partial charge >= 0.3 is 0 Å². The van der Waals surface area contributed by atoms with Crippen molar-refractivity contribution in [2.75, 3.05) is 6.54 Å². The first-order valence-corrected chi connectivity index (χ1v) is 12.3. The zero-order chi connectivity index (χ0) is 23.3. The Kier molecular flexibility index (Phi) is 6.53. The van der Waals surface area contributed by atoms with E-state index in [-0.39, 0.29) is 11.8 Å². The molecule has 3 heterocycles. The number of hydrogen-bond acceptors (Lipinski definition) is 4. The minimum atomic E-state index is -0.436. The van der Waals surface area contributed by atoms with Crippen molar-refractivity contribution < 1.29 is 9.59 Å². The third-order valence-electron chi connectivity index (χ3n) is 6.07. The van der Waals surface area contributed by atoms with Gasteiger partial charge in [0.25, 0.3) is 5.91 Å². The number of thiophene rings is 1. The first-order chi connectivity index (χ1) is 16.7. The maximum atomic E-state index is 13.1. The van der Waals surface area contributed by atoms with Gasteiger partial charge in [-0.1, -0.05) is 66.7 Å². The topological polar surface area (TPSA) is 67.2 Å². The van der Waals surface area contributed by atoms with E-state index in [0.717, 1.165) is 28.8 Å². The molecule has 34 heavy (non-hydrogen) atoms. The van der Waals surface area contributed by atoms with Crippen molar-refractivity contribution in [1.82, 2.24) is 20.0 Å². The average Bonchev–Trinajstić information content (AvgIpc) is 3.64. The third kappa shape index (κ3) is 4.79. The van der Waals surface area contributed by atoms with E-state index in [1.165, 1.54) is 11.3 Å². The van der Waals surface area contributed by atoms with Gasteiger partial charge in [0.15, 0.2) is 0 Å². The van der Waals surface area contributed by atoms with Gasteiger partial charge < -0.3 is 10.2 Å². The number of amides is 2. The summed E-state index contributed by atoms with van der Waals surface area (Å²) in [4.78, 5) is 28.4. The second kappa shape index (κ2) is 10.1. The first kappa shape index (κ1) is 22.1. The van der Waals surface area contributed by atoms with Gasteiger partial charge in [-0.3, -0.25) is 14.3 Å². The van der Waals surface area contributed by atoms with E-state index in [2.05, 4.69) is 17.4 Å².